The Labute approximate surface area is 179 Å². The minimum absolute atomic E-state index is 0.0109. The standard InChI is InChI=1S/C22H20Cl2N4O/c23-17-3-1-15(2-4-17)20-9-10-21(27-26-20)28-13-11-16(12-14-28)22(29)25-19-7-5-18(24)6-8-19/h1-10,16H,11-14H2,(H,25,29). The zero-order valence-electron chi connectivity index (χ0n) is 15.7. The molecule has 3 aromatic rings. The van der Waals surface area contributed by atoms with Crippen LogP contribution in [0.2, 0.25) is 10.0 Å². The molecule has 7 heteroatoms. The highest BCUT2D eigenvalue weighted by Gasteiger charge is 2.26. The van der Waals surface area contributed by atoms with E-state index >= 15 is 0 Å². The van der Waals surface area contributed by atoms with Crippen molar-refractivity contribution in [1.82, 2.24) is 10.2 Å². The van der Waals surface area contributed by atoms with Gasteiger partial charge in [-0.3, -0.25) is 4.79 Å². The zero-order chi connectivity index (χ0) is 20.2. The van der Waals surface area contributed by atoms with Gasteiger partial charge in [0.1, 0.15) is 0 Å². The van der Waals surface area contributed by atoms with Crippen molar-refractivity contribution in [2.75, 3.05) is 23.3 Å². The summed E-state index contributed by atoms with van der Waals surface area (Å²) in [6, 6.07) is 18.6. The summed E-state index contributed by atoms with van der Waals surface area (Å²) in [6.45, 7) is 1.54. The van der Waals surface area contributed by atoms with E-state index in [0.717, 1.165) is 48.7 Å². The molecule has 0 aliphatic carbocycles. The van der Waals surface area contributed by atoms with Gasteiger partial charge < -0.3 is 10.2 Å². The summed E-state index contributed by atoms with van der Waals surface area (Å²) in [7, 11) is 0. The number of amides is 1. The van der Waals surface area contributed by atoms with Crippen LogP contribution in [0.3, 0.4) is 0 Å². The molecular weight excluding hydrogens is 407 g/mol. The van der Waals surface area contributed by atoms with Crippen LogP contribution in [0.25, 0.3) is 11.3 Å². The van der Waals surface area contributed by atoms with Crippen molar-refractivity contribution in [3.05, 3.63) is 70.7 Å². The number of anilines is 2. The lowest BCUT2D eigenvalue weighted by Crippen LogP contribution is -2.38. The van der Waals surface area contributed by atoms with Gasteiger partial charge in [-0.25, -0.2) is 0 Å². The first kappa shape index (κ1) is 19.7. The fourth-order valence-corrected chi connectivity index (χ4v) is 3.67. The molecule has 1 N–H and O–H groups in total. The molecule has 29 heavy (non-hydrogen) atoms. The normalized spacial score (nSPS) is 14.6. The van der Waals surface area contributed by atoms with Crippen molar-refractivity contribution in [2.45, 2.75) is 12.8 Å². The zero-order valence-corrected chi connectivity index (χ0v) is 17.2. The summed E-state index contributed by atoms with van der Waals surface area (Å²) in [5, 5.41) is 13.0. The number of piperidine rings is 1. The van der Waals surface area contributed by atoms with Crippen molar-refractivity contribution >= 4 is 40.6 Å². The maximum atomic E-state index is 12.5. The Balaban J connectivity index is 1.33. The maximum Gasteiger partial charge on any atom is 0.227 e. The van der Waals surface area contributed by atoms with Crippen LogP contribution >= 0.6 is 23.2 Å². The van der Waals surface area contributed by atoms with E-state index < -0.39 is 0 Å². The van der Waals surface area contributed by atoms with Crippen molar-refractivity contribution in [3.8, 4) is 11.3 Å². The quantitative estimate of drug-likeness (QED) is 0.614. The Morgan fingerprint density at radius 2 is 1.48 bits per heavy atom. The minimum Gasteiger partial charge on any atom is -0.355 e. The molecule has 0 bridgehead atoms. The van der Waals surface area contributed by atoms with Gasteiger partial charge in [-0.15, -0.1) is 10.2 Å². The molecular formula is C22H20Cl2N4O. The molecule has 2 heterocycles. The van der Waals surface area contributed by atoms with Crippen molar-refractivity contribution in [2.24, 2.45) is 5.92 Å². The lowest BCUT2D eigenvalue weighted by molar-refractivity contribution is -0.120. The topological polar surface area (TPSA) is 58.1 Å². The van der Waals surface area contributed by atoms with E-state index in [9.17, 15) is 4.79 Å². The molecule has 0 radical (unpaired) electrons. The van der Waals surface area contributed by atoms with Gasteiger partial charge in [-0.2, -0.15) is 0 Å². The number of halogens is 2. The van der Waals surface area contributed by atoms with Crippen LogP contribution in [0, 0.1) is 5.92 Å². The van der Waals surface area contributed by atoms with Crippen LogP contribution in [0.15, 0.2) is 60.7 Å². The first-order valence-corrected chi connectivity index (χ1v) is 10.2. The predicted molar refractivity (Wildman–Crippen MR) is 117 cm³/mol. The fraction of sp³-hybridized carbons (Fsp3) is 0.227. The molecule has 0 spiro atoms. The molecule has 1 saturated heterocycles. The Morgan fingerprint density at radius 3 is 2.07 bits per heavy atom. The second-order valence-electron chi connectivity index (χ2n) is 7.04. The third kappa shape index (κ3) is 4.86. The molecule has 148 valence electrons. The van der Waals surface area contributed by atoms with Gasteiger partial charge in [0.05, 0.1) is 5.69 Å². The summed E-state index contributed by atoms with van der Waals surface area (Å²) in [4.78, 5) is 14.7. The van der Waals surface area contributed by atoms with Crippen LogP contribution in [0.5, 0.6) is 0 Å². The molecule has 5 nitrogen and oxygen atoms in total. The third-order valence-electron chi connectivity index (χ3n) is 5.09. The number of hydrogen-bond donors (Lipinski definition) is 1. The molecule has 0 unspecified atom stereocenters. The summed E-state index contributed by atoms with van der Waals surface area (Å²) in [6.07, 6.45) is 1.56. The van der Waals surface area contributed by atoms with Gasteiger partial charge in [-0.1, -0.05) is 35.3 Å². The first-order valence-electron chi connectivity index (χ1n) is 9.49. The smallest absolute Gasteiger partial charge is 0.227 e. The summed E-state index contributed by atoms with van der Waals surface area (Å²) >= 11 is 11.8. The number of benzene rings is 2. The van der Waals surface area contributed by atoms with E-state index in [0.29, 0.717) is 10.0 Å². The van der Waals surface area contributed by atoms with Crippen molar-refractivity contribution in [3.63, 3.8) is 0 Å². The number of carbonyl (C=O) groups is 1. The molecule has 1 aromatic heterocycles. The Kier molecular flexibility index (Phi) is 5.97. The predicted octanol–water partition coefficient (Wildman–Crippen LogP) is 5.31. The second kappa shape index (κ2) is 8.80. The lowest BCUT2D eigenvalue weighted by Gasteiger charge is -2.31. The molecule has 4 rings (SSSR count). The van der Waals surface area contributed by atoms with E-state index in [4.69, 9.17) is 23.2 Å². The molecule has 1 aliphatic rings. The summed E-state index contributed by atoms with van der Waals surface area (Å²) < 4.78 is 0. The third-order valence-corrected chi connectivity index (χ3v) is 5.60. The molecule has 2 aromatic carbocycles. The van der Waals surface area contributed by atoms with Gasteiger partial charge in [-0.05, 0) is 61.4 Å². The van der Waals surface area contributed by atoms with Crippen LogP contribution in [-0.4, -0.2) is 29.2 Å². The first-order chi connectivity index (χ1) is 14.1. The Morgan fingerprint density at radius 1 is 0.862 bits per heavy atom. The number of hydrogen-bond acceptors (Lipinski definition) is 4. The highest BCUT2D eigenvalue weighted by Crippen LogP contribution is 2.25. The van der Waals surface area contributed by atoms with Gasteiger partial charge >= 0.3 is 0 Å². The molecule has 0 atom stereocenters. The van der Waals surface area contributed by atoms with Crippen molar-refractivity contribution < 1.29 is 4.79 Å². The largest absolute Gasteiger partial charge is 0.355 e. The van der Waals surface area contributed by atoms with Crippen LogP contribution < -0.4 is 10.2 Å². The number of nitrogens with one attached hydrogen (secondary N) is 1. The van der Waals surface area contributed by atoms with Gasteiger partial charge in [0.25, 0.3) is 0 Å². The van der Waals surface area contributed by atoms with E-state index in [1.807, 2.05) is 48.5 Å². The minimum atomic E-state index is -0.0109. The molecule has 1 fully saturated rings. The van der Waals surface area contributed by atoms with Crippen LogP contribution in [0.4, 0.5) is 11.5 Å². The maximum absolute atomic E-state index is 12.5. The van der Waals surface area contributed by atoms with Crippen molar-refractivity contribution in [1.29, 1.82) is 0 Å². The van der Waals surface area contributed by atoms with E-state index in [2.05, 4.69) is 20.4 Å². The molecule has 1 aliphatic heterocycles. The highest BCUT2D eigenvalue weighted by atomic mass is 35.5. The second-order valence-corrected chi connectivity index (χ2v) is 7.91. The molecule has 0 saturated carbocycles. The molecule has 1 amide bonds. The average Bonchev–Trinajstić information content (AvgIpc) is 2.76. The van der Waals surface area contributed by atoms with E-state index in [1.54, 1.807) is 12.1 Å². The average molecular weight is 427 g/mol. The van der Waals surface area contributed by atoms with Gasteiger partial charge in [0.15, 0.2) is 5.82 Å². The monoisotopic (exact) mass is 426 g/mol. The highest BCUT2D eigenvalue weighted by molar-refractivity contribution is 6.30. The Hall–Kier alpha value is -2.63. The summed E-state index contributed by atoms with van der Waals surface area (Å²) in [5.74, 6) is 0.874. The number of nitrogens with zero attached hydrogens (tertiary/aromatic N) is 3. The van der Waals surface area contributed by atoms with Gasteiger partial charge in [0, 0.05) is 40.3 Å². The van der Waals surface area contributed by atoms with E-state index in [1.165, 1.54) is 0 Å². The fourth-order valence-electron chi connectivity index (χ4n) is 3.42. The summed E-state index contributed by atoms with van der Waals surface area (Å²) in [5.41, 5.74) is 2.55. The van der Waals surface area contributed by atoms with Gasteiger partial charge in [0.2, 0.25) is 5.91 Å². The number of carbonyl (C=O) groups excluding carboxylic acids is 1. The number of rotatable bonds is 4. The van der Waals surface area contributed by atoms with Crippen LogP contribution in [-0.2, 0) is 4.79 Å². The van der Waals surface area contributed by atoms with Crippen LogP contribution in [0.1, 0.15) is 12.8 Å². The van der Waals surface area contributed by atoms with E-state index in [-0.39, 0.29) is 11.8 Å². The Bertz CT molecular complexity index is 967. The number of aromatic nitrogens is 2. The SMILES string of the molecule is O=C(Nc1ccc(Cl)cc1)C1CCN(c2ccc(-c3ccc(Cl)cc3)nn2)CC1. The lowest BCUT2D eigenvalue weighted by atomic mass is 9.96.